The van der Waals surface area contributed by atoms with E-state index >= 15 is 0 Å². The Morgan fingerprint density at radius 3 is 2.50 bits per heavy atom. The fourth-order valence-corrected chi connectivity index (χ4v) is 3.93. The van der Waals surface area contributed by atoms with E-state index in [1.54, 1.807) is 48.3 Å². The summed E-state index contributed by atoms with van der Waals surface area (Å²) in [5, 5.41) is 11.0. The van der Waals surface area contributed by atoms with Crippen molar-refractivity contribution in [1.82, 2.24) is 14.3 Å². The van der Waals surface area contributed by atoms with Crippen LogP contribution in [0.2, 0.25) is 0 Å². The molecule has 0 saturated heterocycles. The van der Waals surface area contributed by atoms with Crippen molar-refractivity contribution in [1.29, 1.82) is 0 Å². The molecule has 0 saturated carbocycles. The van der Waals surface area contributed by atoms with Crippen LogP contribution < -0.4 is 9.46 Å². The summed E-state index contributed by atoms with van der Waals surface area (Å²) in [5.74, 6) is 1.10. The minimum atomic E-state index is -4.06. The average Bonchev–Trinajstić information content (AvgIpc) is 3.12. The number of imidazole rings is 1. The number of non-ortho nitro benzene ring substituents is 1. The van der Waals surface area contributed by atoms with E-state index in [-0.39, 0.29) is 10.6 Å². The normalized spacial score (nSPS) is 12.5. The Morgan fingerprint density at radius 2 is 1.93 bits per heavy atom. The highest BCUT2D eigenvalue weighted by Crippen LogP contribution is 2.26. The molecule has 0 aliphatic heterocycles. The molecule has 1 unspecified atom stereocenters. The highest BCUT2D eigenvalue weighted by molar-refractivity contribution is 7.89. The van der Waals surface area contributed by atoms with Crippen molar-refractivity contribution < 1.29 is 18.1 Å². The standard InChI is InChI=1S/C18H18N4O5S/c1-21-11-10-19-18(21)17(13-6-8-15(27-2)9-7-13)20-28(25,26)16-5-3-4-14(12-16)22(23)24/h3-12,17,20H,1-2H3. The Morgan fingerprint density at radius 1 is 1.21 bits per heavy atom. The van der Waals surface area contributed by atoms with Gasteiger partial charge in [-0.25, -0.2) is 13.4 Å². The molecule has 0 bridgehead atoms. The van der Waals surface area contributed by atoms with Crippen molar-refractivity contribution in [3.63, 3.8) is 0 Å². The predicted octanol–water partition coefficient (Wildman–Crippen LogP) is 2.40. The first-order valence-electron chi connectivity index (χ1n) is 8.20. The maximum atomic E-state index is 12.9. The lowest BCUT2D eigenvalue weighted by Gasteiger charge is -2.19. The van der Waals surface area contributed by atoms with Gasteiger partial charge in [-0.2, -0.15) is 4.72 Å². The smallest absolute Gasteiger partial charge is 0.270 e. The van der Waals surface area contributed by atoms with Crippen molar-refractivity contribution >= 4 is 15.7 Å². The number of hydrogen-bond acceptors (Lipinski definition) is 6. The largest absolute Gasteiger partial charge is 0.497 e. The summed E-state index contributed by atoms with van der Waals surface area (Å²) in [6.07, 6.45) is 3.26. The molecule has 1 N–H and O–H groups in total. The molecule has 1 heterocycles. The third-order valence-corrected chi connectivity index (χ3v) is 5.60. The van der Waals surface area contributed by atoms with Crippen LogP contribution in [0.3, 0.4) is 0 Å². The number of ether oxygens (including phenoxy) is 1. The molecule has 28 heavy (non-hydrogen) atoms. The second-order valence-corrected chi connectivity index (χ2v) is 7.69. The first-order valence-corrected chi connectivity index (χ1v) is 9.68. The van der Waals surface area contributed by atoms with Gasteiger partial charge in [0.05, 0.1) is 16.9 Å². The van der Waals surface area contributed by atoms with Crippen LogP contribution in [0.25, 0.3) is 0 Å². The van der Waals surface area contributed by atoms with Crippen LogP contribution in [-0.2, 0) is 17.1 Å². The Kier molecular flexibility index (Phi) is 5.43. The van der Waals surface area contributed by atoms with E-state index < -0.39 is 21.0 Å². The molecular weight excluding hydrogens is 384 g/mol. The van der Waals surface area contributed by atoms with Crippen LogP contribution in [-0.4, -0.2) is 30.0 Å². The number of methoxy groups -OCH3 is 1. The number of nitro groups is 1. The number of aromatic nitrogens is 2. The van der Waals surface area contributed by atoms with Gasteiger partial charge in [-0.1, -0.05) is 18.2 Å². The van der Waals surface area contributed by atoms with Gasteiger partial charge < -0.3 is 9.30 Å². The number of nitro benzene ring substituents is 1. The molecule has 3 rings (SSSR count). The first-order chi connectivity index (χ1) is 13.3. The van der Waals surface area contributed by atoms with Gasteiger partial charge in [0, 0.05) is 31.6 Å². The van der Waals surface area contributed by atoms with E-state index in [0.29, 0.717) is 17.1 Å². The highest BCUT2D eigenvalue weighted by Gasteiger charge is 2.26. The SMILES string of the molecule is COc1ccc(C(NS(=O)(=O)c2cccc([N+](=O)[O-])c2)c2nccn2C)cc1. The monoisotopic (exact) mass is 402 g/mol. The molecule has 2 aromatic carbocycles. The maximum absolute atomic E-state index is 12.9. The first kappa shape index (κ1) is 19.5. The lowest BCUT2D eigenvalue weighted by molar-refractivity contribution is -0.385. The third-order valence-electron chi connectivity index (χ3n) is 4.18. The molecule has 0 spiro atoms. The minimum absolute atomic E-state index is 0.200. The molecule has 146 valence electrons. The lowest BCUT2D eigenvalue weighted by atomic mass is 10.1. The zero-order valence-electron chi connectivity index (χ0n) is 15.1. The van der Waals surface area contributed by atoms with Crippen molar-refractivity contribution in [3.05, 3.63) is 82.4 Å². The molecule has 3 aromatic rings. The second-order valence-electron chi connectivity index (χ2n) is 5.98. The zero-order chi connectivity index (χ0) is 20.3. The zero-order valence-corrected chi connectivity index (χ0v) is 16.0. The van der Waals surface area contributed by atoms with Crippen LogP contribution in [0.4, 0.5) is 5.69 Å². The highest BCUT2D eigenvalue weighted by atomic mass is 32.2. The number of rotatable bonds is 7. The minimum Gasteiger partial charge on any atom is -0.497 e. The molecule has 0 fully saturated rings. The molecule has 1 aromatic heterocycles. The van der Waals surface area contributed by atoms with Crippen LogP contribution in [0.5, 0.6) is 5.75 Å². The molecule has 1 atom stereocenters. The van der Waals surface area contributed by atoms with E-state index in [9.17, 15) is 18.5 Å². The summed E-state index contributed by atoms with van der Waals surface area (Å²) in [6.45, 7) is 0. The summed E-state index contributed by atoms with van der Waals surface area (Å²) >= 11 is 0. The Labute approximate surface area is 161 Å². The van der Waals surface area contributed by atoms with Crippen molar-refractivity contribution in [2.24, 2.45) is 7.05 Å². The molecule has 9 nitrogen and oxygen atoms in total. The maximum Gasteiger partial charge on any atom is 0.270 e. The van der Waals surface area contributed by atoms with Gasteiger partial charge in [-0.05, 0) is 23.8 Å². The topological polar surface area (TPSA) is 116 Å². The van der Waals surface area contributed by atoms with Crippen molar-refractivity contribution in [3.8, 4) is 5.75 Å². The average molecular weight is 402 g/mol. The number of aryl methyl sites for hydroxylation is 1. The third kappa shape index (κ3) is 4.02. The molecule has 0 radical (unpaired) electrons. The van der Waals surface area contributed by atoms with Gasteiger partial charge in [-0.3, -0.25) is 10.1 Å². The molecule has 0 aliphatic carbocycles. The van der Waals surface area contributed by atoms with Gasteiger partial charge >= 0.3 is 0 Å². The number of hydrogen-bond donors (Lipinski definition) is 1. The predicted molar refractivity (Wildman–Crippen MR) is 101 cm³/mol. The fourth-order valence-electron chi connectivity index (χ4n) is 2.71. The number of benzene rings is 2. The second kappa shape index (κ2) is 7.79. The van der Waals surface area contributed by atoms with Crippen LogP contribution in [0.15, 0.2) is 65.8 Å². The van der Waals surface area contributed by atoms with Gasteiger partial charge in [0.25, 0.3) is 5.69 Å². The molecule has 0 aliphatic rings. The summed E-state index contributed by atoms with van der Waals surface area (Å²) < 4.78 is 35.3. The number of nitrogens with zero attached hydrogens (tertiary/aromatic N) is 3. The van der Waals surface area contributed by atoms with E-state index in [2.05, 4.69) is 9.71 Å². The van der Waals surface area contributed by atoms with Gasteiger partial charge in [0.15, 0.2) is 0 Å². The summed E-state index contributed by atoms with van der Waals surface area (Å²) in [5.41, 5.74) is 0.338. The van der Waals surface area contributed by atoms with E-state index in [0.717, 1.165) is 6.07 Å². The van der Waals surface area contributed by atoms with E-state index in [4.69, 9.17) is 4.74 Å². The Hall–Kier alpha value is -3.24. The number of nitrogens with one attached hydrogen (secondary N) is 1. The number of sulfonamides is 1. The van der Waals surface area contributed by atoms with Gasteiger partial charge in [0.1, 0.15) is 17.6 Å². The van der Waals surface area contributed by atoms with Crippen molar-refractivity contribution in [2.75, 3.05) is 7.11 Å². The van der Waals surface area contributed by atoms with E-state index in [1.165, 1.54) is 25.3 Å². The quantitative estimate of drug-likeness (QED) is 0.479. The summed E-state index contributed by atoms with van der Waals surface area (Å²) in [6, 6.07) is 11.0. The van der Waals surface area contributed by atoms with Crippen LogP contribution >= 0.6 is 0 Å². The molecule has 10 heteroatoms. The summed E-state index contributed by atoms with van der Waals surface area (Å²) in [7, 11) is -0.773. The van der Waals surface area contributed by atoms with Crippen LogP contribution in [0, 0.1) is 10.1 Å². The lowest BCUT2D eigenvalue weighted by Crippen LogP contribution is -2.31. The van der Waals surface area contributed by atoms with Gasteiger partial charge in [0.2, 0.25) is 10.0 Å². The van der Waals surface area contributed by atoms with Crippen molar-refractivity contribution in [2.45, 2.75) is 10.9 Å². The Balaban J connectivity index is 2.02. The molecule has 0 amide bonds. The van der Waals surface area contributed by atoms with Gasteiger partial charge in [-0.15, -0.1) is 0 Å². The van der Waals surface area contributed by atoms with E-state index in [1.807, 2.05) is 0 Å². The molecular formula is C18H18N4O5S. The summed E-state index contributed by atoms with van der Waals surface area (Å²) in [4.78, 5) is 14.4. The van der Waals surface area contributed by atoms with Crippen LogP contribution in [0.1, 0.15) is 17.4 Å². The Bertz CT molecular complexity index is 1090. The fraction of sp³-hybridized carbons (Fsp3) is 0.167.